The van der Waals surface area contributed by atoms with E-state index in [1.807, 2.05) is 72.8 Å². The predicted octanol–water partition coefficient (Wildman–Crippen LogP) is 4.20. The maximum Gasteiger partial charge on any atom is 0.310 e. The lowest BCUT2D eigenvalue weighted by molar-refractivity contribution is -0.146. The highest BCUT2D eigenvalue weighted by Gasteiger charge is 2.10. The summed E-state index contributed by atoms with van der Waals surface area (Å²) in [6.45, 7) is -0.293. The van der Waals surface area contributed by atoms with Crippen molar-refractivity contribution in [2.75, 3.05) is 11.9 Å². The number of nitrogens with one attached hydrogen (secondary N) is 1. The van der Waals surface area contributed by atoms with Crippen LogP contribution < -0.4 is 5.32 Å². The highest BCUT2D eigenvalue weighted by Crippen LogP contribution is 2.17. The molecule has 3 aromatic carbocycles. The average Bonchev–Trinajstić information content (AvgIpc) is 2.73. The van der Waals surface area contributed by atoms with E-state index in [4.69, 9.17) is 4.74 Å². The van der Waals surface area contributed by atoms with Crippen LogP contribution in [0.15, 0.2) is 84.9 Å². The molecule has 0 heterocycles. The smallest absolute Gasteiger partial charge is 0.310 e. The van der Waals surface area contributed by atoms with Crippen LogP contribution in [-0.2, 0) is 33.6 Å². The van der Waals surface area contributed by atoms with E-state index in [2.05, 4.69) is 17.4 Å². The molecule has 3 rings (SSSR count). The number of rotatable bonds is 8. The Morgan fingerprint density at radius 3 is 2.04 bits per heavy atom. The fraction of sp³-hybridized carbons (Fsp3) is 0.167. The second-order valence-electron chi connectivity index (χ2n) is 6.51. The fourth-order valence-electron chi connectivity index (χ4n) is 2.93. The van der Waals surface area contributed by atoms with Crippen LogP contribution in [0.2, 0.25) is 0 Å². The Kier molecular flexibility index (Phi) is 6.96. The fourth-order valence-corrected chi connectivity index (χ4v) is 2.93. The second kappa shape index (κ2) is 10.1. The van der Waals surface area contributed by atoms with Crippen LogP contribution in [0.1, 0.15) is 16.7 Å². The van der Waals surface area contributed by atoms with Gasteiger partial charge in [-0.1, -0.05) is 78.9 Å². The van der Waals surface area contributed by atoms with Gasteiger partial charge in [0.15, 0.2) is 6.61 Å². The molecule has 0 aliphatic heterocycles. The minimum Gasteiger partial charge on any atom is -0.455 e. The van der Waals surface area contributed by atoms with Crippen LogP contribution >= 0.6 is 0 Å². The number of anilines is 1. The van der Waals surface area contributed by atoms with Crippen molar-refractivity contribution < 1.29 is 14.3 Å². The average molecular weight is 373 g/mol. The molecular formula is C24H23NO3. The first-order valence-electron chi connectivity index (χ1n) is 9.32. The van der Waals surface area contributed by atoms with Crippen molar-refractivity contribution >= 4 is 17.6 Å². The van der Waals surface area contributed by atoms with E-state index < -0.39 is 5.97 Å². The minimum atomic E-state index is -0.418. The molecule has 0 aliphatic carbocycles. The summed E-state index contributed by atoms with van der Waals surface area (Å²) in [5.74, 6) is -0.757. The number of carbonyl (C=O) groups excluding carboxylic acids is 2. The van der Waals surface area contributed by atoms with Crippen LogP contribution in [0.5, 0.6) is 0 Å². The van der Waals surface area contributed by atoms with Gasteiger partial charge in [0, 0.05) is 5.69 Å². The largest absolute Gasteiger partial charge is 0.455 e. The molecule has 142 valence electrons. The molecule has 0 spiro atoms. The first-order valence-corrected chi connectivity index (χ1v) is 9.32. The molecule has 3 aromatic rings. The normalized spacial score (nSPS) is 10.3. The van der Waals surface area contributed by atoms with Gasteiger partial charge in [-0.05, 0) is 35.6 Å². The molecular weight excluding hydrogens is 350 g/mol. The molecule has 1 N–H and O–H groups in total. The molecule has 0 aromatic heterocycles. The van der Waals surface area contributed by atoms with Crippen molar-refractivity contribution in [3.05, 3.63) is 102 Å². The van der Waals surface area contributed by atoms with Crippen LogP contribution in [0.3, 0.4) is 0 Å². The van der Waals surface area contributed by atoms with E-state index >= 15 is 0 Å². The van der Waals surface area contributed by atoms with Crippen molar-refractivity contribution in [2.45, 2.75) is 19.3 Å². The first kappa shape index (κ1) is 19.4. The molecule has 4 nitrogen and oxygen atoms in total. The van der Waals surface area contributed by atoms with E-state index in [0.717, 1.165) is 29.7 Å². The second-order valence-corrected chi connectivity index (χ2v) is 6.51. The van der Waals surface area contributed by atoms with E-state index in [9.17, 15) is 9.59 Å². The molecule has 0 fully saturated rings. The Morgan fingerprint density at radius 2 is 1.32 bits per heavy atom. The lowest BCUT2D eigenvalue weighted by Gasteiger charge is -2.11. The SMILES string of the molecule is O=C(COC(=O)Cc1ccccc1)Nc1ccccc1CCc1ccccc1. The third kappa shape index (κ3) is 6.09. The van der Waals surface area contributed by atoms with E-state index in [-0.39, 0.29) is 18.9 Å². The van der Waals surface area contributed by atoms with Crippen molar-refractivity contribution in [1.29, 1.82) is 0 Å². The number of hydrogen-bond acceptors (Lipinski definition) is 3. The quantitative estimate of drug-likeness (QED) is 0.602. The molecule has 4 heteroatoms. The van der Waals surface area contributed by atoms with Gasteiger partial charge in [0.1, 0.15) is 0 Å². The first-order chi connectivity index (χ1) is 13.7. The van der Waals surface area contributed by atoms with Gasteiger partial charge in [-0.3, -0.25) is 9.59 Å². The number of carbonyl (C=O) groups is 2. The van der Waals surface area contributed by atoms with Crippen molar-refractivity contribution in [3.63, 3.8) is 0 Å². The number of esters is 1. The van der Waals surface area contributed by atoms with Gasteiger partial charge < -0.3 is 10.1 Å². The molecule has 0 unspecified atom stereocenters. The van der Waals surface area contributed by atoms with Gasteiger partial charge in [0.05, 0.1) is 6.42 Å². The van der Waals surface area contributed by atoms with Gasteiger partial charge in [0.25, 0.3) is 5.91 Å². The lowest BCUT2D eigenvalue weighted by Crippen LogP contribution is -2.22. The maximum atomic E-state index is 12.2. The Labute approximate surface area is 165 Å². The predicted molar refractivity (Wildman–Crippen MR) is 110 cm³/mol. The van der Waals surface area contributed by atoms with Crippen LogP contribution in [0, 0.1) is 0 Å². The standard InChI is InChI=1S/C24H23NO3/c26-23(18-28-24(27)17-20-11-5-2-6-12-20)25-22-14-8-7-13-21(22)16-15-19-9-3-1-4-10-19/h1-14H,15-18H2,(H,25,26). The van der Waals surface area contributed by atoms with Gasteiger partial charge in [-0.15, -0.1) is 0 Å². The van der Waals surface area contributed by atoms with Crippen molar-refractivity contribution in [3.8, 4) is 0 Å². The Hall–Kier alpha value is -3.40. The summed E-state index contributed by atoms with van der Waals surface area (Å²) in [5, 5.41) is 2.85. The summed E-state index contributed by atoms with van der Waals surface area (Å²) in [7, 11) is 0. The molecule has 0 radical (unpaired) electrons. The highest BCUT2D eigenvalue weighted by molar-refractivity contribution is 5.93. The summed E-state index contributed by atoms with van der Waals surface area (Å²) < 4.78 is 5.10. The number of hydrogen-bond donors (Lipinski definition) is 1. The third-order valence-corrected chi connectivity index (χ3v) is 4.37. The van der Waals surface area contributed by atoms with Crippen molar-refractivity contribution in [1.82, 2.24) is 0 Å². The summed E-state index contributed by atoms with van der Waals surface area (Å²) in [6, 6.07) is 27.2. The summed E-state index contributed by atoms with van der Waals surface area (Å²) in [4.78, 5) is 24.1. The van der Waals surface area contributed by atoms with Gasteiger partial charge in [0.2, 0.25) is 0 Å². The van der Waals surface area contributed by atoms with E-state index in [0.29, 0.717) is 0 Å². The highest BCUT2D eigenvalue weighted by atomic mass is 16.5. The molecule has 0 aliphatic rings. The molecule has 28 heavy (non-hydrogen) atoms. The van der Waals surface area contributed by atoms with Crippen LogP contribution in [0.25, 0.3) is 0 Å². The molecule has 0 saturated carbocycles. The van der Waals surface area contributed by atoms with Crippen LogP contribution in [-0.4, -0.2) is 18.5 Å². The maximum absolute atomic E-state index is 12.2. The molecule has 1 amide bonds. The number of aryl methyl sites for hydroxylation is 2. The Morgan fingerprint density at radius 1 is 0.714 bits per heavy atom. The monoisotopic (exact) mass is 373 g/mol. The van der Waals surface area contributed by atoms with E-state index in [1.54, 1.807) is 0 Å². The molecule has 0 atom stereocenters. The van der Waals surface area contributed by atoms with Gasteiger partial charge in [-0.25, -0.2) is 0 Å². The molecule has 0 bridgehead atoms. The number of amides is 1. The minimum absolute atomic E-state index is 0.155. The summed E-state index contributed by atoms with van der Waals surface area (Å²) in [6.07, 6.45) is 1.86. The summed E-state index contributed by atoms with van der Waals surface area (Å²) in [5.41, 5.74) is 3.91. The molecule has 0 saturated heterocycles. The van der Waals surface area contributed by atoms with Gasteiger partial charge >= 0.3 is 5.97 Å². The number of benzene rings is 3. The topological polar surface area (TPSA) is 55.4 Å². The number of ether oxygens (including phenoxy) is 1. The Balaban J connectivity index is 1.50. The van der Waals surface area contributed by atoms with Gasteiger partial charge in [-0.2, -0.15) is 0 Å². The van der Waals surface area contributed by atoms with Crippen LogP contribution in [0.4, 0.5) is 5.69 Å². The van der Waals surface area contributed by atoms with Crippen molar-refractivity contribution in [2.24, 2.45) is 0 Å². The number of para-hydroxylation sites is 1. The summed E-state index contributed by atoms with van der Waals surface area (Å²) >= 11 is 0. The zero-order valence-electron chi connectivity index (χ0n) is 15.6. The Bertz CT molecular complexity index is 907. The zero-order valence-corrected chi connectivity index (χ0v) is 15.6. The lowest BCUT2D eigenvalue weighted by atomic mass is 10.0. The third-order valence-electron chi connectivity index (χ3n) is 4.37. The zero-order chi connectivity index (χ0) is 19.6. The van der Waals surface area contributed by atoms with E-state index in [1.165, 1.54) is 5.56 Å².